The standard InChI is InChI=1S/C15H17N3O2/c1-11-6-5-7-13-16-14(20)12(10-19)15(18(11)13)17-8-3-2-4-9-17/h5-7,10H,2-4,8-9H2,1H3. The fourth-order valence-electron chi connectivity index (χ4n) is 2.87. The van der Waals surface area contributed by atoms with E-state index in [9.17, 15) is 9.59 Å². The number of piperidine rings is 1. The largest absolute Gasteiger partial charge is 0.357 e. The van der Waals surface area contributed by atoms with Crippen LogP contribution in [-0.2, 0) is 0 Å². The van der Waals surface area contributed by atoms with Gasteiger partial charge in [0, 0.05) is 18.8 Å². The van der Waals surface area contributed by atoms with E-state index in [1.807, 2.05) is 23.5 Å². The first kappa shape index (κ1) is 12.8. The fraction of sp³-hybridized carbons (Fsp3) is 0.400. The van der Waals surface area contributed by atoms with Crippen molar-refractivity contribution in [2.24, 2.45) is 0 Å². The van der Waals surface area contributed by atoms with Crippen LogP contribution in [0.3, 0.4) is 0 Å². The van der Waals surface area contributed by atoms with Crippen LogP contribution in [0.4, 0.5) is 5.82 Å². The molecule has 2 aromatic rings. The summed E-state index contributed by atoms with van der Waals surface area (Å²) in [6.45, 7) is 3.71. The van der Waals surface area contributed by atoms with Crippen LogP contribution < -0.4 is 10.5 Å². The number of pyridine rings is 1. The van der Waals surface area contributed by atoms with Gasteiger partial charge in [-0.05, 0) is 38.3 Å². The van der Waals surface area contributed by atoms with Crippen LogP contribution in [-0.4, -0.2) is 28.8 Å². The topological polar surface area (TPSA) is 54.7 Å². The summed E-state index contributed by atoms with van der Waals surface area (Å²) in [5.74, 6) is 0.702. The monoisotopic (exact) mass is 271 g/mol. The molecule has 0 amide bonds. The molecule has 5 heteroatoms. The number of carbonyl (C=O) groups is 1. The van der Waals surface area contributed by atoms with Gasteiger partial charge in [-0.3, -0.25) is 14.0 Å². The van der Waals surface area contributed by atoms with Gasteiger partial charge in [-0.1, -0.05) is 6.07 Å². The van der Waals surface area contributed by atoms with Crippen molar-refractivity contribution in [3.8, 4) is 0 Å². The molecule has 0 aromatic carbocycles. The van der Waals surface area contributed by atoms with Crippen molar-refractivity contribution in [2.45, 2.75) is 26.2 Å². The molecule has 5 nitrogen and oxygen atoms in total. The lowest BCUT2D eigenvalue weighted by atomic mass is 10.1. The molecular weight excluding hydrogens is 254 g/mol. The zero-order chi connectivity index (χ0) is 14.1. The summed E-state index contributed by atoms with van der Waals surface area (Å²) < 4.78 is 1.91. The fourth-order valence-corrected chi connectivity index (χ4v) is 2.87. The van der Waals surface area contributed by atoms with Gasteiger partial charge in [-0.15, -0.1) is 0 Å². The van der Waals surface area contributed by atoms with Crippen molar-refractivity contribution in [2.75, 3.05) is 18.0 Å². The molecule has 1 aliphatic rings. The number of hydrogen-bond donors (Lipinski definition) is 0. The number of hydrogen-bond acceptors (Lipinski definition) is 4. The molecule has 3 heterocycles. The van der Waals surface area contributed by atoms with Crippen LogP contribution in [0.25, 0.3) is 5.65 Å². The van der Waals surface area contributed by atoms with Crippen molar-refractivity contribution in [1.82, 2.24) is 9.38 Å². The van der Waals surface area contributed by atoms with Gasteiger partial charge in [0.05, 0.1) is 0 Å². The third-order valence-corrected chi connectivity index (χ3v) is 3.84. The summed E-state index contributed by atoms with van der Waals surface area (Å²) in [4.78, 5) is 29.6. The lowest BCUT2D eigenvalue weighted by molar-refractivity contribution is 0.112. The van der Waals surface area contributed by atoms with Crippen LogP contribution in [0.2, 0.25) is 0 Å². The molecule has 1 fully saturated rings. The lowest BCUT2D eigenvalue weighted by Crippen LogP contribution is -2.34. The maximum absolute atomic E-state index is 12.1. The molecule has 104 valence electrons. The number of nitrogens with zero attached hydrogens (tertiary/aromatic N) is 3. The van der Waals surface area contributed by atoms with Gasteiger partial charge >= 0.3 is 0 Å². The summed E-state index contributed by atoms with van der Waals surface area (Å²) in [6, 6.07) is 5.63. The second-order valence-corrected chi connectivity index (χ2v) is 5.18. The number of aryl methyl sites for hydroxylation is 1. The van der Waals surface area contributed by atoms with Crippen molar-refractivity contribution in [3.05, 3.63) is 39.8 Å². The highest BCUT2D eigenvalue weighted by Gasteiger charge is 2.21. The Balaban J connectivity index is 2.35. The first-order valence-electron chi connectivity index (χ1n) is 6.95. The minimum absolute atomic E-state index is 0.165. The third-order valence-electron chi connectivity index (χ3n) is 3.84. The molecular formula is C15H17N3O2. The van der Waals surface area contributed by atoms with E-state index in [2.05, 4.69) is 9.88 Å². The SMILES string of the molecule is Cc1cccc2nc(=O)c(C=O)c(N3CCCCC3)n12. The molecule has 0 saturated carbocycles. The van der Waals surface area contributed by atoms with Gasteiger partial charge in [-0.2, -0.15) is 4.98 Å². The highest BCUT2D eigenvalue weighted by Crippen LogP contribution is 2.23. The van der Waals surface area contributed by atoms with E-state index in [1.165, 1.54) is 6.42 Å². The second-order valence-electron chi connectivity index (χ2n) is 5.18. The molecule has 0 N–H and O–H groups in total. The number of aldehydes is 1. The summed E-state index contributed by atoms with van der Waals surface area (Å²) in [6.07, 6.45) is 4.01. The quantitative estimate of drug-likeness (QED) is 0.782. The van der Waals surface area contributed by atoms with Crippen LogP contribution in [0.5, 0.6) is 0 Å². The Morgan fingerprint density at radius 1 is 1.20 bits per heavy atom. The van der Waals surface area contributed by atoms with Gasteiger partial charge in [0.1, 0.15) is 17.0 Å². The first-order chi connectivity index (χ1) is 9.72. The minimum atomic E-state index is -0.439. The van der Waals surface area contributed by atoms with Crippen molar-refractivity contribution in [3.63, 3.8) is 0 Å². The summed E-state index contributed by atoms with van der Waals surface area (Å²) in [5.41, 5.74) is 1.30. The predicted octanol–water partition coefficient (Wildman–Crippen LogP) is 1.81. The smallest absolute Gasteiger partial charge is 0.286 e. The van der Waals surface area contributed by atoms with Gasteiger partial charge in [-0.25, -0.2) is 0 Å². The van der Waals surface area contributed by atoms with E-state index < -0.39 is 5.56 Å². The Bertz CT molecular complexity index is 715. The van der Waals surface area contributed by atoms with Gasteiger partial charge < -0.3 is 4.90 Å². The van der Waals surface area contributed by atoms with E-state index in [0.29, 0.717) is 17.8 Å². The van der Waals surface area contributed by atoms with Crippen LogP contribution >= 0.6 is 0 Å². The molecule has 0 radical (unpaired) electrons. The Labute approximate surface area is 116 Å². The lowest BCUT2D eigenvalue weighted by Gasteiger charge is -2.31. The zero-order valence-corrected chi connectivity index (χ0v) is 11.5. The highest BCUT2D eigenvalue weighted by atomic mass is 16.1. The molecule has 2 aromatic heterocycles. The Morgan fingerprint density at radius 3 is 2.65 bits per heavy atom. The highest BCUT2D eigenvalue weighted by molar-refractivity contribution is 5.83. The molecule has 1 aliphatic heterocycles. The van der Waals surface area contributed by atoms with Gasteiger partial charge in [0.25, 0.3) is 5.56 Å². The average molecular weight is 271 g/mol. The third kappa shape index (κ3) is 1.99. The van der Waals surface area contributed by atoms with Gasteiger partial charge in [0.15, 0.2) is 6.29 Å². The first-order valence-corrected chi connectivity index (χ1v) is 6.95. The minimum Gasteiger partial charge on any atom is -0.357 e. The predicted molar refractivity (Wildman–Crippen MR) is 77.7 cm³/mol. The number of anilines is 1. The number of carbonyl (C=O) groups excluding carboxylic acids is 1. The van der Waals surface area contributed by atoms with Gasteiger partial charge in [0.2, 0.25) is 0 Å². The summed E-state index contributed by atoms with van der Waals surface area (Å²) in [5, 5.41) is 0. The molecule has 3 rings (SSSR count). The van der Waals surface area contributed by atoms with Crippen molar-refractivity contribution < 1.29 is 4.79 Å². The molecule has 1 saturated heterocycles. The Hall–Kier alpha value is -2.17. The second kappa shape index (κ2) is 5.07. The molecule has 0 bridgehead atoms. The molecule has 0 unspecified atom stereocenters. The molecule has 0 atom stereocenters. The molecule has 0 spiro atoms. The average Bonchev–Trinajstić information content (AvgIpc) is 2.47. The number of fused-ring (bicyclic) bond motifs is 1. The van der Waals surface area contributed by atoms with E-state index >= 15 is 0 Å². The van der Waals surface area contributed by atoms with Crippen molar-refractivity contribution in [1.29, 1.82) is 0 Å². The van der Waals surface area contributed by atoms with Crippen LogP contribution in [0.15, 0.2) is 23.0 Å². The Kier molecular flexibility index (Phi) is 3.26. The van der Waals surface area contributed by atoms with E-state index in [0.717, 1.165) is 31.6 Å². The van der Waals surface area contributed by atoms with E-state index in [1.54, 1.807) is 6.07 Å². The summed E-state index contributed by atoms with van der Waals surface area (Å²) >= 11 is 0. The molecule has 0 aliphatic carbocycles. The van der Waals surface area contributed by atoms with Crippen LogP contribution in [0, 0.1) is 6.92 Å². The van der Waals surface area contributed by atoms with E-state index in [-0.39, 0.29) is 5.56 Å². The normalized spacial score (nSPS) is 15.6. The summed E-state index contributed by atoms with van der Waals surface area (Å²) in [7, 11) is 0. The zero-order valence-electron chi connectivity index (χ0n) is 11.5. The Morgan fingerprint density at radius 2 is 1.95 bits per heavy atom. The number of rotatable bonds is 2. The van der Waals surface area contributed by atoms with E-state index in [4.69, 9.17) is 0 Å². The molecule has 20 heavy (non-hydrogen) atoms. The maximum Gasteiger partial charge on any atom is 0.286 e. The van der Waals surface area contributed by atoms with Crippen LogP contribution in [0.1, 0.15) is 35.3 Å². The maximum atomic E-state index is 12.1. The van der Waals surface area contributed by atoms with Crippen molar-refractivity contribution >= 4 is 17.8 Å². The number of aromatic nitrogens is 2.